The van der Waals surface area contributed by atoms with E-state index in [1.807, 2.05) is 55.5 Å². The van der Waals surface area contributed by atoms with Crippen LogP contribution in [0.15, 0.2) is 60.7 Å². The third kappa shape index (κ3) is 6.26. The smallest absolute Gasteiger partial charge is 0.0525 e. The Morgan fingerprint density at radius 3 is 1.64 bits per heavy atom. The Labute approximate surface area is 172 Å². The Balaban J connectivity index is 1.78. The molecule has 0 aliphatic carbocycles. The highest BCUT2D eigenvalue weighted by atomic mass is 32.2. The molecule has 0 aliphatic rings. The van der Waals surface area contributed by atoms with Crippen molar-refractivity contribution >= 4 is 10.8 Å². The van der Waals surface area contributed by atoms with Gasteiger partial charge in [-0.25, -0.2) is 0 Å². The Kier molecular flexibility index (Phi) is 8.87. The monoisotopic (exact) mass is 402 g/mol. The Bertz CT molecular complexity index is 719. The molecule has 2 aromatic rings. The minimum atomic E-state index is -0.890. The fourth-order valence-electron chi connectivity index (χ4n) is 3.53. The predicted octanol–water partition coefficient (Wildman–Crippen LogP) is 4.20. The Morgan fingerprint density at radius 1 is 0.714 bits per heavy atom. The summed E-state index contributed by atoms with van der Waals surface area (Å²) in [6, 6.07) is 20.1. The molecule has 0 radical (unpaired) electrons. The van der Waals surface area contributed by atoms with E-state index in [2.05, 4.69) is 19.1 Å². The van der Waals surface area contributed by atoms with Gasteiger partial charge in [-0.1, -0.05) is 80.9 Å². The molecular weight excluding hydrogens is 368 g/mol. The molecule has 0 amide bonds. The second-order valence-corrected chi connectivity index (χ2v) is 9.92. The molecule has 3 nitrogen and oxygen atoms in total. The van der Waals surface area contributed by atoms with E-state index in [4.69, 9.17) is 0 Å². The maximum absolute atomic E-state index is 12.5. The molecule has 4 heteroatoms. The lowest BCUT2D eigenvalue weighted by molar-refractivity contribution is 0.194. The fraction of sp³-hybridized carbons (Fsp3) is 0.500. The largest absolute Gasteiger partial charge is 0.395 e. The second kappa shape index (κ2) is 10.9. The van der Waals surface area contributed by atoms with Gasteiger partial charge in [-0.15, -0.1) is 0 Å². The summed E-state index contributed by atoms with van der Waals surface area (Å²) in [5.74, 6) is 1.27. The van der Waals surface area contributed by atoms with Crippen molar-refractivity contribution < 1.29 is 14.4 Å². The van der Waals surface area contributed by atoms with Crippen molar-refractivity contribution in [1.29, 1.82) is 0 Å². The maximum atomic E-state index is 12.5. The van der Waals surface area contributed by atoms with Crippen molar-refractivity contribution in [3.05, 3.63) is 71.8 Å². The van der Waals surface area contributed by atoms with E-state index in [1.165, 1.54) is 0 Å². The molecule has 2 rings (SSSR count). The predicted molar refractivity (Wildman–Crippen MR) is 118 cm³/mol. The zero-order valence-electron chi connectivity index (χ0n) is 17.1. The third-order valence-corrected chi connectivity index (χ3v) is 7.27. The van der Waals surface area contributed by atoms with Crippen molar-refractivity contribution in [2.24, 2.45) is 0 Å². The average molecular weight is 403 g/mol. The van der Waals surface area contributed by atoms with E-state index in [0.717, 1.165) is 30.4 Å². The standard InChI is InChI=1S/C24H34O3S/c1-23(19-25,21-11-5-3-6-12-21)15-9-10-17-28(27)18-16-24(2,20-26)22-13-7-4-8-14-22/h3-8,11-14,25-26H,9-10,15-20H2,1-2H3. The van der Waals surface area contributed by atoms with Gasteiger partial charge in [0.2, 0.25) is 0 Å². The number of aliphatic hydroxyl groups is 2. The number of rotatable bonds is 12. The first kappa shape index (κ1) is 22.8. The summed E-state index contributed by atoms with van der Waals surface area (Å²) >= 11 is 0. The lowest BCUT2D eigenvalue weighted by Gasteiger charge is -2.28. The highest BCUT2D eigenvalue weighted by Crippen LogP contribution is 2.30. The van der Waals surface area contributed by atoms with E-state index in [1.54, 1.807) is 0 Å². The van der Waals surface area contributed by atoms with Crippen LogP contribution in [0.1, 0.15) is 50.7 Å². The Morgan fingerprint density at radius 2 is 1.18 bits per heavy atom. The van der Waals surface area contributed by atoms with Crippen molar-refractivity contribution in [3.63, 3.8) is 0 Å². The molecule has 0 saturated heterocycles. The van der Waals surface area contributed by atoms with Crippen LogP contribution in [-0.4, -0.2) is 39.1 Å². The summed E-state index contributed by atoms with van der Waals surface area (Å²) in [7, 11) is -0.890. The van der Waals surface area contributed by atoms with Gasteiger partial charge >= 0.3 is 0 Å². The van der Waals surface area contributed by atoms with Crippen molar-refractivity contribution in [2.75, 3.05) is 24.7 Å². The van der Waals surface area contributed by atoms with Gasteiger partial charge in [-0.2, -0.15) is 0 Å². The molecule has 2 aromatic carbocycles. The minimum Gasteiger partial charge on any atom is -0.395 e. The van der Waals surface area contributed by atoms with Crippen LogP contribution < -0.4 is 0 Å². The van der Waals surface area contributed by atoms with Crippen LogP contribution in [0.25, 0.3) is 0 Å². The lowest BCUT2D eigenvalue weighted by Crippen LogP contribution is -2.29. The van der Waals surface area contributed by atoms with Crippen LogP contribution in [0.4, 0.5) is 0 Å². The normalized spacial score (nSPS) is 16.9. The van der Waals surface area contributed by atoms with Crippen molar-refractivity contribution in [3.8, 4) is 0 Å². The van der Waals surface area contributed by atoms with E-state index in [-0.39, 0.29) is 24.0 Å². The molecule has 3 atom stereocenters. The van der Waals surface area contributed by atoms with Crippen LogP contribution in [0.5, 0.6) is 0 Å². The molecule has 154 valence electrons. The van der Waals surface area contributed by atoms with E-state index < -0.39 is 10.8 Å². The van der Waals surface area contributed by atoms with Crippen LogP contribution in [0.2, 0.25) is 0 Å². The van der Waals surface area contributed by atoms with Crippen LogP contribution in [-0.2, 0) is 21.6 Å². The fourth-order valence-corrected chi connectivity index (χ4v) is 4.94. The third-order valence-electron chi connectivity index (χ3n) is 5.87. The van der Waals surface area contributed by atoms with Crippen molar-refractivity contribution in [1.82, 2.24) is 0 Å². The molecule has 28 heavy (non-hydrogen) atoms. The number of unbranched alkanes of at least 4 members (excludes halogenated alkanes) is 1. The first-order chi connectivity index (χ1) is 13.4. The molecule has 0 heterocycles. The van der Waals surface area contributed by atoms with Crippen LogP contribution >= 0.6 is 0 Å². The summed E-state index contributed by atoms with van der Waals surface area (Å²) in [5, 5.41) is 19.7. The van der Waals surface area contributed by atoms with Gasteiger partial charge in [0.25, 0.3) is 0 Å². The van der Waals surface area contributed by atoms with Gasteiger partial charge in [0.15, 0.2) is 0 Å². The van der Waals surface area contributed by atoms with E-state index >= 15 is 0 Å². The van der Waals surface area contributed by atoms with Crippen molar-refractivity contribution in [2.45, 2.75) is 50.4 Å². The highest BCUT2D eigenvalue weighted by Gasteiger charge is 2.27. The molecule has 3 unspecified atom stereocenters. The number of aliphatic hydroxyl groups excluding tert-OH is 2. The van der Waals surface area contributed by atoms with E-state index in [0.29, 0.717) is 17.9 Å². The molecule has 0 saturated carbocycles. The van der Waals surface area contributed by atoms with Gasteiger partial charge in [0.1, 0.15) is 0 Å². The highest BCUT2D eigenvalue weighted by molar-refractivity contribution is 7.84. The van der Waals surface area contributed by atoms with Crippen LogP contribution in [0.3, 0.4) is 0 Å². The first-order valence-electron chi connectivity index (χ1n) is 10.1. The summed E-state index contributed by atoms with van der Waals surface area (Å²) in [6.45, 7) is 4.30. The van der Waals surface area contributed by atoms with Crippen LogP contribution in [0, 0.1) is 0 Å². The molecule has 0 fully saturated rings. The zero-order chi connectivity index (χ0) is 20.5. The second-order valence-electron chi connectivity index (χ2n) is 8.22. The molecule has 0 aliphatic heterocycles. The quantitative estimate of drug-likeness (QED) is 0.523. The SMILES string of the molecule is CC(CO)(CCCCS(=O)CCC(C)(CO)c1ccccc1)c1ccccc1. The molecule has 0 bridgehead atoms. The first-order valence-corrected chi connectivity index (χ1v) is 11.6. The average Bonchev–Trinajstić information content (AvgIpc) is 2.76. The lowest BCUT2D eigenvalue weighted by atomic mass is 9.79. The number of hydrogen-bond acceptors (Lipinski definition) is 3. The summed E-state index contributed by atoms with van der Waals surface area (Å²) in [5.41, 5.74) is 1.65. The van der Waals surface area contributed by atoms with Gasteiger partial charge < -0.3 is 10.2 Å². The molecule has 2 N–H and O–H groups in total. The number of hydrogen-bond donors (Lipinski definition) is 2. The summed E-state index contributed by atoms with van der Waals surface area (Å²) in [4.78, 5) is 0. The molecule has 0 aromatic heterocycles. The Hall–Kier alpha value is -1.49. The topological polar surface area (TPSA) is 57.5 Å². The minimum absolute atomic E-state index is 0.0557. The van der Waals surface area contributed by atoms with Gasteiger partial charge in [-0.05, 0) is 30.4 Å². The molecule has 0 spiro atoms. The molecular formula is C24H34O3S. The van der Waals surface area contributed by atoms with Gasteiger partial charge in [0.05, 0.1) is 13.2 Å². The maximum Gasteiger partial charge on any atom is 0.0525 e. The zero-order valence-corrected chi connectivity index (χ0v) is 18.0. The van der Waals surface area contributed by atoms with Gasteiger partial charge in [-0.3, -0.25) is 4.21 Å². The summed E-state index contributed by atoms with van der Waals surface area (Å²) in [6.07, 6.45) is 3.41. The van der Waals surface area contributed by atoms with E-state index in [9.17, 15) is 14.4 Å². The van der Waals surface area contributed by atoms with Gasteiger partial charge in [0, 0.05) is 33.1 Å². The summed E-state index contributed by atoms with van der Waals surface area (Å²) < 4.78 is 12.5. The number of benzene rings is 2.